The van der Waals surface area contributed by atoms with Gasteiger partial charge in [0.25, 0.3) is 0 Å². The number of allylic oxidation sites excluding steroid dienone is 2. The van der Waals surface area contributed by atoms with Gasteiger partial charge in [0, 0.05) is 12.7 Å². The van der Waals surface area contributed by atoms with Crippen molar-refractivity contribution in [3.05, 3.63) is 53.6 Å². The SMILES string of the molecule is COC1(OC(C)(C)C)C=CC(=C(O)c2ccccc2)C(=O)C1. The zero-order valence-corrected chi connectivity index (χ0v) is 13.4. The summed E-state index contributed by atoms with van der Waals surface area (Å²) in [6.07, 6.45) is 3.29. The zero-order chi connectivity index (χ0) is 16.4. The number of methoxy groups -OCH3 is 1. The van der Waals surface area contributed by atoms with Crippen molar-refractivity contribution in [2.75, 3.05) is 7.11 Å². The molecule has 0 heterocycles. The summed E-state index contributed by atoms with van der Waals surface area (Å²) in [5, 5.41) is 10.3. The van der Waals surface area contributed by atoms with Crippen molar-refractivity contribution in [2.24, 2.45) is 0 Å². The molecular weight excluding hydrogens is 280 g/mol. The molecule has 0 fully saturated rings. The van der Waals surface area contributed by atoms with Crippen molar-refractivity contribution in [1.29, 1.82) is 0 Å². The van der Waals surface area contributed by atoms with Gasteiger partial charge >= 0.3 is 0 Å². The van der Waals surface area contributed by atoms with Crippen molar-refractivity contribution >= 4 is 11.5 Å². The predicted molar refractivity (Wildman–Crippen MR) is 85.3 cm³/mol. The van der Waals surface area contributed by atoms with Crippen LogP contribution in [-0.2, 0) is 14.3 Å². The van der Waals surface area contributed by atoms with Crippen LogP contribution in [0.1, 0.15) is 32.8 Å². The van der Waals surface area contributed by atoms with Crippen molar-refractivity contribution in [2.45, 2.75) is 38.6 Å². The number of carbonyl (C=O) groups is 1. The number of ether oxygens (including phenoxy) is 2. The van der Waals surface area contributed by atoms with E-state index in [4.69, 9.17) is 9.47 Å². The Morgan fingerprint density at radius 2 is 1.86 bits per heavy atom. The largest absolute Gasteiger partial charge is 0.507 e. The molecule has 22 heavy (non-hydrogen) atoms. The molecular formula is C18H22O4. The fourth-order valence-corrected chi connectivity index (χ4v) is 2.41. The summed E-state index contributed by atoms with van der Waals surface area (Å²) in [6, 6.07) is 8.99. The van der Waals surface area contributed by atoms with E-state index in [1.165, 1.54) is 7.11 Å². The van der Waals surface area contributed by atoms with E-state index in [9.17, 15) is 9.90 Å². The topological polar surface area (TPSA) is 55.8 Å². The lowest BCUT2D eigenvalue weighted by molar-refractivity contribution is -0.238. The summed E-state index contributed by atoms with van der Waals surface area (Å²) >= 11 is 0. The molecule has 0 saturated carbocycles. The summed E-state index contributed by atoms with van der Waals surface area (Å²) in [7, 11) is 1.51. The van der Waals surface area contributed by atoms with Gasteiger partial charge in [0.05, 0.1) is 17.6 Å². The average molecular weight is 302 g/mol. The molecule has 1 aromatic carbocycles. The number of Topliss-reactive ketones (excluding diaryl/α,β-unsaturated/α-hetero) is 1. The van der Waals surface area contributed by atoms with Gasteiger partial charge in [-0.15, -0.1) is 0 Å². The van der Waals surface area contributed by atoms with Gasteiger partial charge in [-0.1, -0.05) is 30.3 Å². The van der Waals surface area contributed by atoms with Gasteiger partial charge in [0.2, 0.25) is 0 Å². The Bertz CT molecular complexity index is 608. The highest BCUT2D eigenvalue weighted by Crippen LogP contribution is 2.33. The number of benzene rings is 1. The van der Waals surface area contributed by atoms with Gasteiger partial charge in [-0.25, -0.2) is 0 Å². The lowest BCUT2D eigenvalue weighted by Gasteiger charge is -2.37. The monoisotopic (exact) mass is 302 g/mol. The fourth-order valence-electron chi connectivity index (χ4n) is 2.41. The molecule has 1 atom stereocenters. The maximum Gasteiger partial charge on any atom is 0.195 e. The first kappa shape index (κ1) is 16.5. The van der Waals surface area contributed by atoms with Crippen molar-refractivity contribution in [3.8, 4) is 0 Å². The Labute approximate surface area is 131 Å². The summed E-state index contributed by atoms with van der Waals surface area (Å²) in [5.41, 5.74) is 0.428. The van der Waals surface area contributed by atoms with E-state index >= 15 is 0 Å². The van der Waals surface area contributed by atoms with E-state index < -0.39 is 11.4 Å². The highest BCUT2D eigenvalue weighted by molar-refractivity contribution is 6.05. The van der Waals surface area contributed by atoms with E-state index in [1.807, 2.05) is 39.0 Å². The van der Waals surface area contributed by atoms with Crippen LogP contribution in [-0.4, -0.2) is 29.4 Å². The maximum atomic E-state index is 12.4. The number of rotatable bonds is 3. The first-order valence-corrected chi connectivity index (χ1v) is 7.23. The van der Waals surface area contributed by atoms with Crippen LogP contribution in [0.5, 0.6) is 0 Å². The second-order valence-corrected chi connectivity index (χ2v) is 6.29. The lowest BCUT2D eigenvalue weighted by Crippen LogP contribution is -2.43. The van der Waals surface area contributed by atoms with Crippen LogP contribution < -0.4 is 0 Å². The molecule has 1 aliphatic carbocycles. The van der Waals surface area contributed by atoms with Gasteiger partial charge in [0.15, 0.2) is 11.6 Å². The molecule has 1 aromatic rings. The Morgan fingerprint density at radius 3 is 2.36 bits per heavy atom. The van der Waals surface area contributed by atoms with E-state index in [-0.39, 0.29) is 23.5 Å². The quantitative estimate of drug-likeness (QED) is 0.526. The molecule has 0 bridgehead atoms. The van der Waals surface area contributed by atoms with Gasteiger partial charge < -0.3 is 14.6 Å². The smallest absolute Gasteiger partial charge is 0.195 e. The molecule has 0 saturated heterocycles. The van der Waals surface area contributed by atoms with Crippen LogP contribution in [0.3, 0.4) is 0 Å². The van der Waals surface area contributed by atoms with Crippen LogP contribution >= 0.6 is 0 Å². The molecule has 1 unspecified atom stereocenters. The van der Waals surface area contributed by atoms with Gasteiger partial charge in [-0.05, 0) is 32.9 Å². The third-order valence-corrected chi connectivity index (χ3v) is 3.34. The molecule has 4 nitrogen and oxygen atoms in total. The van der Waals surface area contributed by atoms with Crippen molar-refractivity contribution in [3.63, 3.8) is 0 Å². The van der Waals surface area contributed by atoms with Gasteiger partial charge in [-0.3, -0.25) is 4.79 Å². The zero-order valence-electron chi connectivity index (χ0n) is 13.4. The molecule has 2 rings (SSSR count). The predicted octanol–water partition coefficient (Wildman–Crippen LogP) is 3.64. The number of aliphatic hydroxyl groups excluding tert-OH is 1. The number of hydrogen-bond acceptors (Lipinski definition) is 4. The van der Waals surface area contributed by atoms with Crippen LogP contribution in [0.15, 0.2) is 48.1 Å². The molecule has 0 amide bonds. The second kappa shape index (κ2) is 6.07. The highest BCUT2D eigenvalue weighted by Gasteiger charge is 2.39. The number of carbonyl (C=O) groups excluding carboxylic acids is 1. The van der Waals surface area contributed by atoms with Gasteiger partial charge in [-0.2, -0.15) is 0 Å². The first-order chi connectivity index (χ1) is 10.3. The average Bonchev–Trinajstić information content (AvgIpc) is 2.46. The molecule has 1 N–H and O–H groups in total. The molecule has 0 radical (unpaired) electrons. The number of aliphatic hydroxyl groups is 1. The van der Waals surface area contributed by atoms with Crippen molar-refractivity contribution < 1.29 is 19.4 Å². The minimum Gasteiger partial charge on any atom is -0.507 e. The lowest BCUT2D eigenvalue weighted by atomic mass is 9.92. The summed E-state index contributed by atoms with van der Waals surface area (Å²) in [6.45, 7) is 5.71. The standard InChI is InChI=1S/C18H22O4/c1-17(2,3)22-18(21-4)11-10-14(15(19)12-18)16(20)13-8-6-5-7-9-13/h5-11,20H,12H2,1-4H3. The van der Waals surface area contributed by atoms with Crippen LogP contribution in [0.4, 0.5) is 0 Å². The van der Waals surface area contributed by atoms with Crippen LogP contribution in [0.2, 0.25) is 0 Å². The van der Waals surface area contributed by atoms with Gasteiger partial charge in [0.1, 0.15) is 5.76 Å². The Kier molecular flexibility index (Phi) is 4.54. The van der Waals surface area contributed by atoms with E-state index in [0.717, 1.165) is 0 Å². The fraction of sp³-hybridized carbons (Fsp3) is 0.389. The Balaban J connectivity index is 2.37. The summed E-state index contributed by atoms with van der Waals surface area (Å²) in [5.74, 6) is -1.33. The second-order valence-electron chi connectivity index (χ2n) is 6.29. The minimum absolute atomic E-state index is 0.0256. The molecule has 1 aliphatic rings. The van der Waals surface area contributed by atoms with E-state index in [1.54, 1.807) is 24.3 Å². The third-order valence-electron chi connectivity index (χ3n) is 3.34. The van der Waals surface area contributed by atoms with Crippen LogP contribution in [0, 0.1) is 0 Å². The van der Waals surface area contributed by atoms with E-state index in [0.29, 0.717) is 5.56 Å². The van der Waals surface area contributed by atoms with Crippen LogP contribution in [0.25, 0.3) is 5.76 Å². The number of ketones is 1. The summed E-state index contributed by atoms with van der Waals surface area (Å²) in [4.78, 5) is 12.4. The molecule has 0 spiro atoms. The Morgan fingerprint density at radius 1 is 1.23 bits per heavy atom. The molecule has 0 aromatic heterocycles. The molecule has 118 valence electrons. The normalized spacial score (nSPS) is 24.5. The van der Waals surface area contributed by atoms with Crippen molar-refractivity contribution in [1.82, 2.24) is 0 Å². The first-order valence-electron chi connectivity index (χ1n) is 7.23. The number of hydrogen-bond donors (Lipinski definition) is 1. The highest BCUT2D eigenvalue weighted by atomic mass is 16.7. The summed E-state index contributed by atoms with van der Waals surface area (Å²) < 4.78 is 11.3. The molecule has 0 aliphatic heterocycles. The maximum absolute atomic E-state index is 12.4. The minimum atomic E-state index is -1.09. The Hall–Kier alpha value is -1.91. The van der Waals surface area contributed by atoms with E-state index in [2.05, 4.69) is 0 Å². The third kappa shape index (κ3) is 3.64. The molecule has 4 heteroatoms.